The summed E-state index contributed by atoms with van der Waals surface area (Å²) in [6.07, 6.45) is 0.895. The Kier molecular flexibility index (Phi) is 4.40. The second kappa shape index (κ2) is 6.30. The minimum Gasteiger partial charge on any atom is -0.297 e. The van der Waals surface area contributed by atoms with Crippen molar-refractivity contribution in [3.05, 3.63) is 68.4 Å². The molecule has 0 atom stereocenters. The molecule has 0 aliphatic carbocycles. The van der Waals surface area contributed by atoms with Gasteiger partial charge in [-0.05, 0) is 76.5 Å². The molecule has 22 heavy (non-hydrogen) atoms. The number of rotatable bonds is 3. The van der Waals surface area contributed by atoms with Crippen LogP contribution in [0.4, 0.5) is 4.39 Å². The number of benzene rings is 2. The number of aldehydes is 1. The van der Waals surface area contributed by atoms with E-state index >= 15 is 0 Å². The van der Waals surface area contributed by atoms with E-state index in [1.807, 2.05) is 19.1 Å². The molecule has 0 radical (unpaired) electrons. The van der Waals surface area contributed by atoms with E-state index in [-0.39, 0.29) is 5.82 Å². The molecule has 0 aliphatic heterocycles. The molecule has 0 saturated heterocycles. The Morgan fingerprint density at radius 2 is 1.77 bits per heavy atom. The standard InChI is InChI=1S/C18H12FIOS/c1-11-2-7-14(20)8-15(11)16-9-17(22-18(16)10-21)12-3-5-13(19)6-4-12/h2-10H,1H3. The summed E-state index contributed by atoms with van der Waals surface area (Å²) in [5, 5.41) is 0. The molecular formula is C18H12FIOS. The Bertz CT molecular complexity index is 837. The van der Waals surface area contributed by atoms with Crippen LogP contribution >= 0.6 is 33.9 Å². The third-order valence-corrected chi connectivity index (χ3v) is 5.27. The molecular weight excluding hydrogens is 410 g/mol. The monoisotopic (exact) mass is 422 g/mol. The highest BCUT2D eigenvalue weighted by atomic mass is 127. The van der Waals surface area contributed by atoms with E-state index in [2.05, 4.69) is 34.7 Å². The highest BCUT2D eigenvalue weighted by Gasteiger charge is 2.14. The minimum atomic E-state index is -0.260. The van der Waals surface area contributed by atoms with E-state index in [4.69, 9.17) is 0 Å². The lowest BCUT2D eigenvalue weighted by molar-refractivity contribution is 0.112. The van der Waals surface area contributed by atoms with Crippen molar-refractivity contribution >= 4 is 40.2 Å². The topological polar surface area (TPSA) is 17.1 Å². The van der Waals surface area contributed by atoms with E-state index in [1.165, 1.54) is 23.5 Å². The van der Waals surface area contributed by atoms with Crippen molar-refractivity contribution in [1.29, 1.82) is 0 Å². The zero-order valence-corrected chi connectivity index (χ0v) is 14.7. The van der Waals surface area contributed by atoms with Crippen molar-refractivity contribution in [3.8, 4) is 21.6 Å². The first kappa shape index (κ1) is 15.4. The Morgan fingerprint density at radius 3 is 2.45 bits per heavy atom. The van der Waals surface area contributed by atoms with Gasteiger partial charge >= 0.3 is 0 Å². The van der Waals surface area contributed by atoms with Crippen LogP contribution in [0.25, 0.3) is 21.6 Å². The first-order valence-corrected chi connectivity index (χ1v) is 8.59. The van der Waals surface area contributed by atoms with Gasteiger partial charge in [0.05, 0.1) is 4.88 Å². The van der Waals surface area contributed by atoms with Crippen LogP contribution in [-0.2, 0) is 0 Å². The van der Waals surface area contributed by atoms with Crippen molar-refractivity contribution in [3.63, 3.8) is 0 Å². The Labute approximate surface area is 146 Å². The summed E-state index contributed by atoms with van der Waals surface area (Å²) in [6.45, 7) is 2.04. The number of halogens is 2. The summed E-state index contributed by atoms with van der Waals surface area (Å²) >= 11 is 3.70. The van der Waals surface area contributed by atoms with Gasteiger partial charge in [-0.25, -0.2) is 4.39 Å². The third kappa shape index (κ3) is 2.98. The van der Waals surface area contributed by atoms with Crippen LogP contribution in [0.3, 0.4) is 0 Å². The van der Waals surface area contributed by atoms with Gasteiger partial charge in [0.2, 0.25) is 0 Å². The SMILES string of the molecule is Cc1ccc(I)cc1-c1cc(-c2ccc(F)cc2)sc1C=O. The molecule has 0 N–H and O–H groups in total. The van der Waals surface area contributed by atoms with Crippen LogP contribution in [-0.4, -0.2) is 6.29 Å². The quantitative estimate of drug-likeness (QED) is 0.377. The van der Waals surface area contributed by atoms with Crippen molar-refractivity contribution in [1.82, 2.24) is 0 Å². The molecule has 1 nitrogen and oxygen atoms in total. The number of aryl methyl sites for hydroxylation is 1. The number of thiophene rings is 1. The lowest BCUT2D eigenvalue weighted by Gasteiger charge is -2.05. The van der Waals surface area contributed by atoms with Crippen molar-refractivity contribution in [2.24, 2.45) is 0 Å². The fourth-order valence-corrected chi connectivity index (χ4v) is 3.83. The van der Waals surface area contributed by atoms with Gasteiger partial charge in [-0.3, -0.25) is 4.79 Å². The largest absolute Gasteiger partial charge is 0.297 e. The molecule has 0 saturated carbocycles. The van der Waals surface area contributed by atoms with Gasteiger partial charge in [0.25, 0.3) is 0 Å². The fourth-order valence-electron chi connectivity index (χ4n) is 2.34. The third-order valence-electron chi connectivity index (χ3n) is 3.49. The van der Waals surface area contributed by atoms with Crippen molar-refractivity contribution < 1.29 is 9.18 Å². The lowest BCUT2D eigenvalue weighted by atomic mass is 10.0. The number of carbonyl (C=O) groups excluding carboxylic acids is 1. The average Bonchev–Trinajstić information content (AvgIpc) is 2.94. The highest BCUT2D eigenvalue weighted by molar-refractivity contribution is 14.1. The van der Waals surface area contributed by atoms with E-state index < -0.39 is 0 Å². The van der Waals surface area contributed by atoms with Crippen molar-refractivity contribution in [2.45, 2.75) is 6.92 Å². The molecule has 110 valence electrons. The predicted molar refractivity (Wildman–Crippen MR) is 98.0 cm³/mol. The van der Waals surface area contributed by atoms with Crippen LogP contribution in [0.1, 0.15) is 15.2 Å². The van der Waals surface area contributed by atoms with Gasteiger partial charge < -0.3 is 0 Å². The second-order valence-corrected chi connectivity index (χ2v) is 7.30. The lowest BCUT2D eigenvalue weighted by Crippen LogP contribution is -1.86. The smallest absolute Gasteiger partial charge is 0.160 e. The zero-order chi connectivity index (χ0) is 15.7. The van der Waals surface area contributed by atoms with Crippen LogP contribution < -0.4 is 0 Å². The molecule has 4 heteroatoms. The molecule has 3 rings (SSSR count). The highest BCUT2D eigenvalue weighted by Crippen LogP contribution is 2.38. The Balaban J connectivity index is 2.14. The summed E-state index contributed by atoms with van der Waals surface area (Å²) in [7, 11) is 0. The van der Waals surface area contributed by atoms with E-state index in [1.54, 1.807) is 12.1 Å². The summed E-state index contributed by atoms with van der Waals surface area (Å²) in [5.41, 5.74) is 4.06. The van der Waals surface area contributed by atoms with Gasteiger partial charge in [0.15, 0.2) is 6.29 Å². The summed E-state index contributed by atoms with van der Waals surface area (Å²) in [4.78, 5) is 13.1. The van der Waals surface area contributed by atoms with Gasteiger partial charge in [0, 0.05) is 14.0 Å². The molecule has 1 aromatic heterocycles. The summed E-state index contributed by atoms with van der Waals surface area (Å²) in [6, 6.07) is 14.5. The van der Waals surface area contributed by atoms with Gasteiger partial charge in [-0.2, -0.15) is 0 Å². The molecule has 0 unspecified atom stereocenters. The maximum Gasteiger partial charge on any atom is 0.160 e. The summed E-state index contributed by atoms with van der Waals surface area (Å²) in [5.74, 6) is -0.260. The maximum absolute atomic E-state index is 13.1. The molecule has 0 spiro atoms. The number of hydrogen-bond acceptors (Lipinski definition) is 2. The number of carbonyl (C=O) groups is 1. The van der Waals surface area contributed by atoms with Crippen molar-refractivity contribution in [2.75, 3.05) is 0 Å². The van der Waals surface area contributed by atoms with Crippen LogP contribution in [0.2, 0.25) is 0 Å². The van der Waals surface area contributed by atoms with Crippen LogP contribution in [0.15, 0.2) is 48.5 Å². The molecule has 2 aromatic carbocycles. The minimum absolute atomic E-state index is 0.260. The second-order valence-electron chi connectivity index (χ2n) is 4.97. The van der Waals surface area contributed by atoms with Crippen LogP contribution in [0.5, 0.6) is 0 Å². The normalized spacial score (nSPS) is 10.7. The van der Waals surface area contributed by atoms with Gasteiger partial charge in [-0.15, -0.1) is 11.3 Å². The van der Waals surface area contributed by atoms with E-state index in [0.29, 0.717) is 4.88 Å². The Morgan fingerprint density at radius 1 is 1.05 bits per heavy atom. The van der Waals surface area contributed by atoms with Gasteiger partial charge in [-0.1, -0.05) is 18.2 Å². The predicted octanol–water partition coefficient (Wildman–Crippen LogP) is 5.95. The zero-order valence-electron chi connectivity index (χ0n) is 11.8. The summed E-state index contributed by atoms with van der Waals surface area (Å²) < 4.78 is 14.2. The molecule has 0 aliphatic rings. The first-order valence-electron chi connectivity index (χ1n) is 6.70. The average molecular weight is 422 g/mol. The fraction of sp³-hybridized carbons (Fsp3) is 0.0556. The first-order chi connectivity index (χ1) is 10.6. The maximum atomic E-state index is 13.1. The van der Waals surface area contributed by atoms with Crippen LogP contribution in [0, 0.1) is 16.3 Å². The molecule has 0 amide bonds. The van der Waals surface area contributed by atoms with E-state index in [9.17, 15) is 9.18 Å². The van der Waals surface area contributed by atoms with E-state index in [0.717, 1.165) is 37.0 Å². The molecule has 0 fully saturated rings. The van der Waals surface area contributed by atoms with Gasteiger partial charge in [0.1, 0.15) is 5.82 Å². The molecule has 1 heterocycles. The molecule has 3 aromatic rings. The molecule has 0 bridgehead atoms. The Hall–Kier alpha value is -1.53. The number of hydrogen-bond donors (Lipinski definition) is 0.